The minimum Gasteiger partial charge on any atom is -0.361 e. The standard InChI is InChI=1S/C13H18N2O5S/c1-21(18,19)20-10-11-6-4-5-9-14(11)12-7-2-3-8-13(12)15(16)17/h2-3,7-8,11H,4-6,9-10H2,1H3. The lowest BCUT2D eigenvalue weighted by molar-refractivity contribution is -0.384. The molecular formula is C13H18N2O5S. The molecule has 0 radical (unpaired) electrons. The Morgan fingerprint density at radius 2 is 2.10 bits per heavy atom. The van der Waals surface area contributed by atoms with Gasteiger partial charge in [-0.1, -0.05) is 12.1 Å². The minimum absolute atomic E-state index is 0.0187. The zero-order chi connectivity index (χ0) is 15.5. The van der Waals surface area contributed by atoms with Crippen LogP contribution in [-0.2, 0) is 14.3 Å². The van der Waals surface area contributed by atoms with Crippen molar-refractivity contribution >= 4 is 21.5 Å². The molecule has 1 fully saturated rings. The fourth-order valence-corrected chi connectivity index (χ4v) is 2.96. The van der Waals surface area contributed by atoms with E-state index in [1.165, 1.54) is 6.07 Å². The maximum absolute atomic E-state index is 11.1. The van der Waals surface area contributed by atoms with Crippen molar-refractivity contribution in [2.75, 3.05) is 24.3 Å². The molecule has 8 heteroatoms. The lowest BCUT2D eigenvalue weighted by atomic mass is 10.0. The summed E-state index contributed by atoms with van der Waals surface area (Å²) in [5.74, 6) is 0. The number of anilines is 1. The first kappa shape index (κ1) is 15.7. The molecule has 1 saturated heterocycles. The molecule has 1 aliphatic heterocycles. The van der Waals surface area contributed by atoms with Gasteiger partial charge < -0.3 is 4.90 Å². The third kappa shape index (κ3) is 4.15. The quantitative estimate of drug-likeness (QED) is 0.468. The molecule has 0 spiro atoms. The Morgan fingerprint density at radius 1 is 1.38 bits per heavy atom. The van der Waals surface area contributed by atoms with Crippen molar-refractivity contribution in [3.8, 4) is 0 Å². The first-order valence-corrected chi connectivity index (χ1v) is 8.54. The van der Waals surface area contributed by atoms with Gasteiger partial charge in [-0.3, -0.25) is 14.3 Å². The van der Waals surface area contributed by atoms with Gasteiger partial charge in [-0.15, -0.1) is 0 Å². The van der Waals surface area contributed by atoms with Crippen molar-refractivity contribution in [1.29, 1.82) is 0 Å². The van der Waals surface area contributed by atoms with Crippen LogP contribution in [0.2, 0.25) is 0 Å². The average Bonchev–Trinajstić information content (AvgIpc) is 2.44. The number of hydrogen-bond acceptors (Lipinski definition) is 6. The van der Waals surface area contributed by atoms with E-state index in [2.05, 4.69) is 0 Å². The molecule has 1 atom stereocenters. The maximum atomic E-state index is 11.1. The van der Waals surface area contributed by atoms with Crippen molar-refractivity contribution in [2.45, 2.75) is 25.3 Å². The van der Waals surface area contributed by atoms with Crippen LogP contribution in [0, 0.1) is 10.1 Å². The van der Waals surface area contributed by atoms with E-state index in [1.807, 2.05) is 4.90 Å². The van der Waals surface area contributed by atoms with Crippen molar-refractivity contribution in [2.24, 2.45) is 0 Å². The molecule has 0 amide bonds. The lowest BCUT2D eigenvalue weighted by Gasteiger charge is -2.36. The first-order valence-electron chi connectivity index (χ1n) is 6.73. The van der Waals surface area contributed by atoms with E-state index in [0.29, 0.717) is 12.2 Å². The SMILES string of the molecule is CS(=O)(=O)OCC1CCCCN1c1ccccc1[N+](=O)[O-]. The Morgan fingerprint density at radius 3 is 2.76 bits per heavy atom. The molecule has 1 aliphatic rings. The first-order chi connectivity index (χ1) is 9.88. The Bertz CT molecular complexity index is 617. The fraction of sp³-hybridized carbons (Fsp3) is 0.538. The summed E-state index contributed by atoms with van der Waals surface area (Å²) in [6.07, 6.45) is 3.63. The van der Waals surface area contributed by atoms with E-state index >= 15 is 0 Å². The molecule has 0 saturated carbocycles. The summed E-state index contributed by atoms with van der Waals surface area (Å²) in [6, 6.07) is 6.34. The molecule has 2 rings (SSSR count). The molecule has 21 heavy (non-hydrogen) atoms. The van der Waals surface area contributed by atoms with Gasteiger partial charge in [-0.05, 0) is 25.3 Å². The van der Waals surface area contributed by atoms with Crippen molar-refractivity contribution in [3.05, 3.63) is 34.4 Å². The summed E-state index contributed by atoms with van der Waals surface area (Å²) in [4.78, 5) is 12.6. The smallest absolute Gasteiger partial charge is 0.292 e. The second-order valence-corrected chi connectivity index (χ2v) is 6.72. The Hall–Kier alpha value is -1.67. The van der Waals surface area contributed by atoms with Gasteiger partial charge in [0.2, 0.25) is 0 Å². The number of nitro groups is 1. The summed E-state index contributed by atoms with van der Waals surface area (Å²) < 4.78 is 27.2. The second-order valence-electron chi connectivity index (χ2n) is 5.08. The number of para-hydroxylation sites is 2. The highest BCUT2D eigenvalue weighted by atomic mass is 32.2. The zero-order valence-corrected chi connectivity index (χ0v) is 12.6. The summed E-state index contributed by atoms with van der Waals surface area (Å²) in [5, 5.41) is 11.1. The molecule has 0 aromatic heterocycles. The molecule has 0 aliphatic carbocycles. The zero-order valence-electron chi connectivity index (χ0n) is 11.8. The van der Waals surface area contributed by atoms with E-state index in [9.17, 15) is 18.5 Å². The van der Waals surface area contributed by atoms with Crippen LogP contribution < -0.4 is 4.90 Å². The number of rotatable bonds is 5. The maximum Gasteiger partial charge on any atom is 0.292 e. The van der Waals surface area contributed by atoms with E-state index in [1.54, 1.807) is 18.2 Å². The summed E-state index contributed by atoms with van der Waals surface area (Å²) in [7, 11) is -3.52. The molecule has 1 unspecified atom stereocenters. The molecule has 1 aromatic rings. The van der Waals surface area contributed by atoms with Crippen LogP contribution in [0.4, 0.5) is 11.4 Å². The fourth-order valence-electron chi connectivity index (χ4n) is 2.55. The van der Waals surface area contributed by atoms with E-state index in [-0.39, 0.29) is 18.3 Å². The highest BCUT2D eigenvalue weighted by Gasteiger charge is 2.28. The van der Waals surface area contributed by atoms with E-state index in [4.69, 9.17) is 4.18 Å². The van der Waals surface area contributed by atoms with Crippen LogP contribution in [0.15, 0.2) is 24.3 Å². The van der Waals surface area contributed by atoms with Gasteiger partial charge in [0, 0.05) is 12.6 Å². The van der Waals surface area contributed by atoms with Gasteiger partial charge in [-0.25, -0.2) is 0 Å². The third-order valence-corrected chi connectivity index (χ3v) is 4.05. The van der Waals surface area contributed by atoms with Gasteiger partial charge in [0.15, 0.2) is 0 Å². The summed E-state index contributed by atoms with van der Waals surface area (Å²) >= 11 is 0. The Balaban J connectivity index is 2.24. The number of piperidine rings is 1. The number of benzene rings is 1. The predicted octanol–water partition coefficient (Wildman–Crippen LogP) is 1.93. The second kappa shape index (κ2) is 6.40. The number of nitro benzene ring substituents is 1. The molecule has 7 nitrogen and oxygen atoms in total. The monoisotopic (exact) mass is 314 g/mol. The van der Waals surface area contributed by atoms with Crippen LogP contribution in [0.5, 0.6) is 0 Å². The average molecular weight is 314 g/mol. The molecule has 0 bridgehead atoms. The van der Waals surface area contributed by atoms with Gasteiger partial charge in [0.1, 0.15) is 5.69 Å². The molecule has 116 valence electrons. The normalized spacial score (nSPS) is 19.5. The molecular weight excluding hydrogens is 296 g/mol. The lowest BCUT2D eigenvalue weighted by Crippen LogP contribution is -2.43. The number of nitrogens with zero attached hydrogens (tertiary/aromatic N) is 2. The minimum atomic E-state index is -3.52. The van der Waals surface area contributed by atoms with Crippen molar-refractivity contribution in [1.82, 2.24) is 0 Å². The Kier molecular flexibility index (Phi) is 4.79. The van der Waals surface area contributed by atoms with Crippen LogP contribution in [0.25, 0.3) is 0 Å². The summed E-state index contributed by atoms with van der Waals surface area (Å²) in [6.45, 7) is 0.674. The highest BCUT2D eigenvalue weighted by molar-refractivity contribution is 7.85. The summed E-state index contributed by atoms with van der Waals surface area (Å²) in [5.41, 5.74) is 0.549. The van der Waals surface area contributed by atoms with Gasteiger partial charge >= 0.3 is 0 Å². The van der Waals surface area contributed by atoms with Gasteiger partial charge in [-0.2, -0.15) is 8.42 Å². The highest BCUT2D eigenvalue weighted by Crippen LogP contribution is 2.32. The van der Waals surface area contributed by atoms with Gasteiger partial charge in [0.05, 0.1) is 23.8 Å². The Labute approximate surface area is 123 Å². The largest absolute Gasteiger partial charge is 0.361 e. The van der Waals surface area contributed by atoms with Crippen LogP contribution in [0.1, 0.15) is 19.3 Å². The van der Waals surface area contributed by atoms with Gasteiger partial charge in [0.25, 0.3) is 15.8 Å². The van der Waals surface area contributed by atoms with Crippen molar-refractivity contribution in [3.63, 3.8) is 0 Å². The van der Waals surface area contributed by atoms with Crippen molar-refractivity contribution < 1.29 is 17.5 Å². The molecule has 0 N–H and O–H groups in total. The molecule has 1 aromatic carbocycles. The van der Waals surface area contributed by atoms with Crippen LogP contribution in [-0.4, -0.2) is 38.8 Å². The third-order valence-electron chi connectivity index (χ3n) is 3.49. The predicted molar refractivity (Wildman–Crippen MR) is 78.9 cm³/mol. The van der Waals surface area contributed by atoms with Crippen LogP contribution >= 0.6 is 0 Å². The van der Waals surface area contributed by atoms with E-state index in [0.717, 1.165) is 25.5 Å². The van der Waals surface area contributed by atoms with E-state index < -0.39 is 15.0 Å². The number of hydrogen-bond donors (Lipinski definition) is 0. The van der Waals surface area contributed by atoms with Crippen LogP contribution in [0.3, 0.4) is 0 Å². The topological polar surface area (TPSA) is 89.8 Å². The molecule has 1 heterocycles.